The van der Waals surface area contributed by atoms with Gasteiger partial charge in [-0.15, -0.1) is 0 Å². The van der Waals surface area contributed by atoms with Gasteiger partial charge in [-0.2, -0.15) is 0 Å². The fourth-order valence-corrected chi connectivity index (χ4v) is 6.47. The second-order valence-electron chi connectivity index (χ2n) is 10.2. The molecular weight excluding hydrogens is 634 g/mol. The van der Waals surface area contributed by atoms with Gasteiger partial charge in [-0.3, -0.25) is 13.9 Å². The maximum absolute atomic E-state index is 14.4. The summed E-state index contributed by atoms with van der Waals surface area (Å²) >= 11 is 6.49. The average molecular weight is 676 g/mol. The van der Waals surface area contributed by atoms with E-state index in [1.165, 1.54) is 57.6 Å². The first-order valence-corrected chi connectivity index (χ1v) is 16.6. The summed E-state index contributed by atoms with van der Waals surface area (Å²) in [4.78, 5) is 29.0. The van der Waals surface area contributed by atoms with E-state index in [1.54, 1.807) is 43.3 Å². The minimum atomic E-state index is -4.46. The van der Waals surface area contributed by atoms with Crippen molar-refractivity contribution >= 4 is 39.1 Å². The Balaban J connectivity index is 2.18. The van der Waals surface area contributed by atoms with Gasteiger partial charge in [-0.05, 0) is 48.7 Å². The van der Waals surface area contributed by atoms with Crippen molar-refractivity contribution in [1.82, 2.24) is 10.2 Å². The highest BCUT2D eigenvalue weighted by Crippen LogP contribution is 2.38. The summed E-state index contributed by atoms with van der Waals surface area (Å²) in [5.74, 6) is 0.0532. The van der Waals surface area contributed by atoms with Crippen molar-refractivity contribution in [3.8, 4) is 23.0 Å². The number of nitrogens with one attached hydrogen (secondary N) is 1. The highest BCUT2D eigenvalue weighted by molar-refractivity contribution is 7.92. The normalized spacial score (nSPS) is 11.7. The topological polar surface area (TPSA) is 124 Å². The molecule has 0 spiro atoms. The smallest absolute Gasteiger partial charge is 0.265 e. The molecule has 3 rings (SSSR count). The number of benzene rings is 3. The molecule has 0 heterocycles. The molecular formula is C33H42ClN3O8S. The molecule has 1 atom stereocenters. The van der Waals surface area contributed by atoms with Gasteiger partial charge in [0.05, 0.1) is 39.0 Å². The van der Waals surface area contributed by atoms with Crippen molar-refractivity contribution in [3.63, 3.8) is 0 Å². The largest absolute Gasteiger partial charge is 0.497 e. The van der Waals surface area contributed by atoms with Crippen LogP contribution in [-0.2, 0) is 26.2 Å². The van der Waals surface area contributed by atoms with Crippen molar-refractivity contribution in [3.05, 3.63) is 71.2 Å². The molecule has 0 radical (unpaired) electrons. The maximum Gasteiger partial charge on any atom is 0.265 e. The minimum absolute atomic E-state index is 0.0301. The first-order chi connectivity index (χ1) is 22.1. The van der Waals surface area contributed by atoms with E-state index in [0.29, 0.717) is 28.6 Å². The Hall–Kier alpha value is -4.16. The molecule has 0 saturated heterocycles. The highest BCUT2D eigenvalue weighted by Gasteiger charge is 2.35. The number of anilines is 1. The standard InChI is InChI=1S/C33H42ClN3O8S/c1-7-9-18-35-33(39)27(8-2)36(21-23-12-10-11-13-26(23)34)32(38)22-37(28-19-24(42-3)14-16-29(28)43-4)46(40,41)25-15-17-30(44-5)31(20-25)45-6/h10-17,19-20,27H,7-9,18,21-22H2,1-6H3,(H,35,39)/t27-/m0/s1. The number of amides is 2. The Kier molecular flexibility index (Phi) is 13.4. The Labute approximate surface area is 276 Å². The summed E-state index contributed by atoms with van der Waals surface area (Å²) < 4.78 is 51.4. The molecule has 0 bridgehead atoms. The van der Waals surface area contributed by atoms with Crippen molar-refractivity contribution in [2.75, 3.05) is 45.8 Å². The molecule has 11 nitrogen and oxygen atoms in total. The van der Waals surface area contributed by atoms with Crippen LogP contribution >= 0.6 is 11.6 Å². The molecule has 0 aromatic heterocycles. The molecule has 3 aromatic rings. The van der Waals surface area contributed by atoms with E-state index < -0.39 is 28.5 Å². The zero-order valence-electron chi connectivity index (χ0n) is 27.0. The van der Waals surface area contributed by atoms with Crippen LogP contribution in [0.15, 0.2) is 65.6 Å². The zero-order valence-corrected chi connectivity index (χ0v) is 28.6. The SMILES string of the molecule is CCCCNC(=O)[C@H](CC)N(Cc1ccccc1Cl)C(=O)CN(c1cc(OC)ccc1OC)S(=O)(=O)c1ccc(OC)c(OC)c1. The molecule has 1 N–H and O–H groups in total. The number of methoxy groups -OCH3 is 4. The lowest BCUT2D eigenvalue weighted by atomic mass is 10.1. The fourth-order valence-electron chi connectivity index (χ4n) is 4.85. The third-order valence-corrected chi connectivity index (χ3v) is 9.52. The fraction of sp³-hybridized carbons (Fsp3) is 0.394. The first-order valence-electron chi connectivity index (χ1n) is 14.8. The van der Waals surface area contributed by atoms with Crippen LogP contribution in [0.5, 0.6) is 23.0 Å². The van der Waals surface area contributed by atoms with Crippen LogP contribution in [0.25, 0.3) is 0 Å². The third-order valence-electron chi connectivity index (χ3n) is 7.39. The number of hydrogen-bond acceptors (Lipinski definition) is 8. The Bertz CT molecular complexity index is 1600. The molecule has 0 unspecified atom stereocenters. The molecule has 0 aliphatic rings. The minimum Gasteiger partial charge on any atom is -0.497 e. The molecule has 46 heavy (non-hydrogen) atoms. The number of halogens is 1. The summed E-state index contributed by atoms with van der Waals surface area (Å²) in [6.45, 7) is 3.54. The number of sulfonamides is 1. The van der Waals surface area contributed by atoms with Gasteiger partial charge in [0.25, 0.3) is 10.0 Å². The van der Waals surface area contributed by atoms with Crippen molar-refractivity contribution in [2.45, 2.75) is 50.6 Å². The zero-order chi connectivity index (χ0) is 33.9. The van der Waals surface area contributed by atoms with E-state index in [1.807, 2.05) is 6.92 Å². The molecule has 0 aliphatic carbocycles. The van der Waals surface area contributed by atoms with E-state index >= 15 is 0 Å². The first kappa shape index (κ1) is 36.3. The summed E-state index contributed by atoms with van der Waals surface area (Å²) in [7, 11) is 1.21. The number of hydrogen-bond donors (Lipinski definition) is 1. The van der Waals surface area contributed by atoms with Gasteiger partial charge in [0, 0.05) is 30.2 Å². The number of rotatable bonds is 17. The summed E-state index contributed by atoms with van der Waals surface area (Å²) in [6.07, 6.45) is 1.93. The van der Waals surface area contributed by atoms with Gasteiger partial charge in [0.1, 0.15) is 24.1 Å². The van der Waals surface area contributed by atoms with Crippen LogP contribution in [0, 0.1) is 0 Å². The second kappa shape index (κ2) is 17.0. The lowest BCUT2D eigenvalue weighted by molar-refractivity contribution is -0.140. The summed E-state index contributed by atoms with van der Waals surface area (Å²) in [5.41, 5.74) is 0.661. The molecule has 2 amide bonds. The van der Waals surface area contributed by atoms with Crippen LogP contribution in [0.1, 0.15) is 38.7 Å². The van der Waals surface area contributed by atoms with E-state index in [-0.39, 0.29) is 41.0 Å². The number of unbranched alkanes of at least 4 members (excludes halogenated alkanes) is 1. The molecule has 250 valence electrons. The highest BCUT2D eigenvalue weighted by atomic mass is 35.5. The molecule has 0 saturated carbocycles. The van der Waals surface area contributed by atoms with E-state index in [4.69, 9.17) is 30.5 Å². The lowest BCUT2D eigenvalue weighted by Crippen LogP contribution is -2.52. The van der Waals surface area contributed by atoms with Gasteiger partial charge in [-0.1, -0.05) is 50.1 Å². The van der Waals surface area contributed by atoms with Gasteiger partial charge in [0.2, 0.25) is 11.8 Å². The number of carbonyl (C=O) groups is 2. The third kappa shape index (κ3) is 8.55. The van der Waals surface area contributed by atoms with Crippen molar-refractivity contribution < 1.29 is 37.0 Å². The Morgan fingerprint density at radius 2 is 1.54 bits per heavy atom. The molecule has 3 aromatic carbocycles. The van der Waals surface area contributed by atoms with Crippen LogP contribution in [0.2, 0.25) is 5.02 Å². The van der Waals surface area contributed by atoms with Gasteiger partial charge in [0.15, 0.2) is 11.5 Å². The van der Waals surface area contributed by atoms with Gasteiger partial charge < -0.3 is 29.2 Å². The average Bonchev–Trinajstić information content (AvgIpc) is 3.07. The van der Waals surface area contributed by atoms with E-state index in [9.17, 15) is 18.0 Å². The van der Waals surface area contributed by atoms with Crippen molar-refractivity contribution in [2.24, 2.45) is 0 Å². The predicted octanol–water partition coefficient (Wildman–Crippen LogP) is 5.29. The van der Waals surface area contributed by atoms with Crippen LogP contribution in [0.4, 0.5) is 5.69 Å². The van der Waals surface area contributed by atoms with E-state index in [0.717, 1.165) is 17.1 Å². The molecule has 0 aliphatic heterocycles. The lowest BCUT2D eigenvalue weighted by Gasteiger charge is -2.33. The Morgan fingerprint density at radius 1 is 0.870 bits per heavy atom. The molecule has 13 heteroatoms. The van der Waals surface area contributed by atoms with Crippen molar-refractivity contribution in [1.29, 1.82) is 0 Å². The van der Waals surface area contributed by atoms with E-state index in [2.05, 4.69) is 5.32 Å². The predicted molar refractivity (Wildman–Crippen MR) is 178 cm³/mol. The number of carbonyl (C=O) groups excluding carboxylic acids is 2. The monoisotopic (exact) mass is 675 g/mol. The quantitative estimate of drug-likeness (QED) is 0.192. The maximum atomic E-state index is 14.4. The van der Waals surface area contributed by atoms with Gasteiger partial charge in [-0.25, -0.2) is 8.42 Å². The van der Waals surface area contributed by atoms with Crippen LogP contribution < -0.4 is 28.6 Å². The second-order valence-corrected chi connectivity index (χ2v) is 12.5. The Morgan fingerprint density at radius 3 is 2.15 bits per heavy atom. The van der Waals surface area contributed by atoms with Crippen LogP contribution in [0.3, 0.4) is 0 Å². The van der Waals surface area contributed by atoms with Crippen LogP contribution in [-0.4, -0.2) is 72.7 Å². The number of ether oxygens (including phenoxy) is 4. The van der Waals surface area contributed by atoms with Gasteiger partial charge >= 0.3 is 0 Å². The molecule has 0 fully saturated rings. The summed E-state index contributed by atoms with van der Waals surface area (Å²) in [5, 5.41) is 3.32. The summed E-state index contributed by atoms with van der Waals surface area (Å²) in [6, 6.07) is 14.9. The number of nitrogens with zero attached hydrogens (tertiary/aromatic N) is 2.